The van der Waals surface area contributed by atoms with Crippen molar-refractivity contribution in [2.45, 2.75) is 72.1 Å². The van der Waals surface area contributed by atoms with Crippen LogP contribution in [0.4, 0.5) is 0 Å². The van der Waals surface area contributed by atoms with Crippen LogP contribution in [0.15, 0.2) is 23.8 Å². The first kappa shape index (κ1) is 23.0. The molecule has 1 aliphatic rings. The lowest BCUT2D eigenvalue weighted by atomic mass is 9.98. The fourth-order valence-corrected chi connectivity index (χ4v) is 3.68. The zero-order valence-electron chi connectivity index (χ0n) is 16.9. The Kier molecular flexibility index (Phi) is 11.7. The number of rotatable bonds is 12. The number of allylic oxidation sites excluding steroid dienone is 4. The molecule has 146 valence electrons. The van der Waals surface area contributed by atoms with Gasteiger partial charge in [-0.25, -0.2) is 0 Å². The Bertz CT molecular complexity index is 538. The summed E-state index contributed by atoms with van der Waals surface area (Å²) in [6.45, 7) is 6.82. The summed E-state index contributed by atoms with van der Waals surface area (Å²) < 4.78 is 4.70. The number of halogens is 1. The Balaban J connectivity index is 2.18. The van der Waals surface area contributed by atoms with Gasteiger partial charge in [-0.3, -0.25) is 4.79 Å². The van der Waals surface area contributed by atoms with E-state index in [2.05, 4.69) is 65.7 Å². The lowest BCUT2D eigenvalue weighted by Crippen LogP contribution is -2.00. The lowest BCUT2D eigenvalue weighted by molar-refractivity contribution is -0.140. The van der Waals surface area contributed by atoms with Crippen LogP contribution in [-0.2, 0) is 9.53 Å². The van der Waals surface area contributed by atoms with E-state index in [1.54, 1.807) is 0 Å². The number of hydrogen-bond donors (Lipinski definition) is 0. The first-order valence-electron chi connectivity index (χ1n) is 9.97. The average molecular weight is 423 g/mol. The normalized spacial score (nSPS) is 21.8. The summed E-state index contributed by atoms with van der Waals surface area (Å²) in [6, 6.07) is 0. The highest BCUT2D eigenvalue weighted by atomic mass is 79.9. The standard InChI is InChI=1S/C23H35BrO2/c1-18(9-5-10-19(2)12-8-16-24)11-6-13-20(3)22-17-21(22)14-7-15-23(25)26-4/h6,11,13,19-22H,5,7,9-10,12,14-15,17H2,1-4H3/b13-6+,18-11+/t19-,20+,21+,22-/m0/s1. The first-order chi connectivity index (χ1) is 12.5. The van der Waals surface area contributed by atoms with Gasteiger partial charge in [-0.1, -0.05) is 43.6 Å². The van der Waals surface area contributed by atoms with Crippen LogP contribution in [0.5, 0.6) is 0 Å². The minimum atomic E-state index is -0.0822. The maximum atomic E-state index is 11.1. The zero-order chi connectivity index (χ0) is 19.4. The molecule has 0 aromatic heterocycles. The molecule has 0 saturated heterocycles. The third kappa shape index (κ3) is 10.2. The molecule has 3 heteroatoms. The fourth-order valence-electron chi connectivity index (χ4n) is 3.52. The van der Waals surface area contributed by atoms with E-state index in [9.17, 15) is 4.79 Å². The van der Waals surface area contributed by atoms with E-state index < -0.39 is 0 Å². The summed E-state index contributed by atoms with van der Waals surface area (Å²) in [6.07, 6.45) is 15.5. The van der Waals surface area contributed by atoms with Gasteiger partial charge in [0.15, 0.2) is 0 Å². The number of ether oxygens (including phenoxy) is 1. The van der Waals surface area contributed by atoms with Crippen molar-refractivity contribution in [3.05, 3.63) is 23.8 Å². The largest absolute Gasteiger partial charge is 0.469 e. The number of carbonyl (C=O) groups is 1. The predicted molar refractivity (Wildman–Crippen MR) is 114 cm³/mol. The van der Waals surface area contributed by atoms with Crippen molar-refractivity contribution in [2.75, 3.05) is 7.11 Å². The van der Waals surface area contributed by atoms with E-state index in [1.165, 1.54) is 38.4 Å². The van der Waals surface area contributed by atoms with Crippen molar-refractivity contribution >= 4 is 21.9 Å². The van der Waals surface area contributed by atoms with Gasteiger partial charge in [-0.15, -0.1) is 0 Å². The monoisotopic (exact) mass is 422 g/mol. The predicted octanol–water partition coefficient (Wildman–Crippen LogP) is 6.66. The molecule has 0 N–H and O–H groups in total. The topological polar surface area (TPSA) is 26.3 Å². The zero-order valence-corrected chi connectivity index (χ0v) is 18.5. The van der Waals surface area contributed by atoms with Gasteiger partial charge in [0.25, 0.3) is 0 Å². The van der Waals surface area contributed by atoms with Crippen LogP contribution in [0.25, 0.3) is 0 Å². The summed E-state index contributed by atoms with van der Waals surface area (Å²) >= 11 is 3.15. The molecule has 0 heterocycles. The SMILES string of the molecule is COC(=O)CCC[C@@H]1C[C@H]1[C@H](C)/C=C/C=C(\C)CCC[C@H](C)CC#CBr. The van der Waals surface area contributed by atoms with E-state index in [0.29, 0.717) is 18.3 Å². The van der Waals surface area contributed by atoms with E-state index in [0.717, 1.165) is 31.1 Å². The summed E-state index contributed by atoms with van der Waals surface area (Å²) in [5.74, 6) is 5.91. The lowest BCUT2D eigenvalue weighted by Gasteiger charge is -2.07. The van der Waals surface area contributed by atoms with Gasteiger partial charge < -0.3 is 4.74 Å². The summed E-state index contributed by atoms with van der Waals surface area (Å²) in [5.41, 5.74) is 1.46. The molecule has 0 spiro atoms. The molecule has 0 radical (unpaired) electrons. The minimum absolute atomic E-state index is 0.0822. The fraction of sp³-hybridized carbons (Fsp3) is 0.696. The van der Waals surface area contributed by atoms with Crippen LogP contribution in [0, 0.1) is 34.4 Å². The molecule has 1 aliphatic carbocycles. The van der Waals surface area contributed by atoms with Crippen molar-refractivity contribution in [3.63, 3.8) is 0 Å². The molecule has 0 aromatic carbocycles. The highest BCUT2D eigenvalue weighted by molar-refractivity contribution is 9.12. The molecule has 4 atom stereocenters. The number of hydrogen-bond acceptors (Lipinski definition) is 2. The van der Waals surface area contributed by atoms with Crippen LogP contribution < -0.4 is 0 Å². The molecule has 0 amide bonds. The van der Waals surface area contributed by atoms with E-state index in [1.807, 2.05) is 0 Å². The summed E-state index contributed by atoms with van der Waals surface area (Å²) in [7, 11) is 1.46. The molecular formula is C23H35BrO2. The molecule has 0 aliphatic heterocycles. The molecule has 0 unspecified atom stereocenters. The van der Waals surface area contributed by atoms with Crippen LogP contribution in [0.1, 0.15) is 72.1 Å². The number of carbonyl (C=O) groups excluding carboxylic acids is 1. The molecular weight excluding hydrogens is 388 g/mol. The van der Waals surface area contributed by atoms with Crippen LogP contribution in [0.3, 0.4) is 0 Å². The third-order valence-electron chi connectivity index (χ3n) is 5.42. The number of methoxy groups -OCH3 is 1. The van der Waals surface area contributed by atoms with Gasteiger partial charge in [0.05, 0.1) is 7.11 Å². The van der Waals surface area contributed by atoms with Crippen LogP contribution in [0.2, 0.25) is 0 Å². The second-order valence-corrected chi connectivity index (χ2v) is 8.25. The second-order valence-electron chi connectivity index (χ2n) is 7.86. The van der Waals surface area contributed by atoms with Crippen molar-refractivity contribution in [2.24, 2.45) is 23.7 Å². The van der Waals surface area contributed by atoms with E-state index in [-0.39, 0.29) is 5.97 Å². The van der Waals surface area contributed by atoms with Gasteiger partial charge in [0.1, 0.15) is 0 Å². The third-order valence-corrected chi connectivity index (χ3v) is 5.70. The Morgan fingerprint density at radius 2 is 2.08 bits per heavy atom. The van der Waals surface area contributed by atoms with E-state index in [4.69, 9.17) is 4.74 Å². The Labute approximate surface area is 169 Å². The quantitative estimate of drug-likeness (QED) is 0.199. The molecule has 1 fully saturated rings. The smallest absolute Gasteiger partial charge is 0.305 e. The number of esters is 1. The highest BCUT2D eigenvalue weighted by Crippen LogP contribution is 2.47. The molecule has 2 nitrogen and oxygen atoms in total. The van der Waals surface area contributed by atoms with Crippen molar-refractivity contribution < 1.29 is 9.53 Å². The van der Waals surface area contributed by atoms with Crippen LogP contribution >= 0.6 is 15.9 Å². The summed E-state index contributed by atoms with van der Waals surface area (Å²) in [4.78, 5) is 13.9. The van der Waals surface area contributed by atoms with Gasteiger partial charge in [-0.2, -0.15) is 0 Å². The Morgan fingerprint density at radius 1 is 1.31 bits per heavy atom. The molecule has 0 aromatic rings. The molecule has 26 heavy (non-hydrogen) atoms. The Hall–Kier alpha value is -1.01. The minimum Gasteiger partial charge on any atom is -0.469 e. The van der Waals surface area contributed by atoms with E-state index >= 15 is 0 Å². The van der Waals surface area contributed by atoms with Crippen molar-refractivity contribution in [1.29, 1.82) is 0 Å². The van der Waals surface area contributed by atoms with Crippen LogP contribution in [-0.4, -0.2) is 13.1 Å². The second kappa shape index (κ2) is 13.2. The molecule has 0 bridgehead atoms. The summed E-state index contributed by atoms with van der Waals surface area (Å²) in [5, 5.41) is 0. The van der Waals surface area contributed by atoms with Gasteiger partial charge >= 0.3 is 5.97 Å². The highest BCUT2D eigenvalue weighted by Gasteiger charge is 2.39. The molecule has 1 rings (SSSR count). The maximum Gasteiger partial charge on any atom is 0.305 e. The molecule has 1 saturated carbocycles. The van der Waals surface area contributed by atoms with Gasteiger partial charge in [-0.05, 0) is 73.9 Å². The van der Waals surface area contributed by atoms with Crippen molar-refractivity contribution in [1.82, 2.24) is 0 Å². The first-order valence-corrected chi connectivity index (χ1v) is 10.8. The van der Waals surface area contributed by atoms with Gasteiger partial charge in [0, 0.05) is 28.8 Å². The van der Waals surface area contributed by atoms with Crippen molar-refractivity contribution in [3.8, 4) is 10.8 Å². The average Bonchev–Trinajstić information content (AvgIpc) is 3.39. The van der Waals surface area contributed by atoms with Gasteiger partial charge in [0.2, 0.25) is 0 Å². The Morgan fingerprint density at radius 3 is 2.77 bits per heavy atom. The maximum absolute atomic E-state index is 11.1.